The Kier molecular flexibility index (Phi) is 7.08. The minimum Gasteiger partial charge on any atom is -0.490 e. The molecule has 28 heavy (non-hydrogen) atoms. The van der Waals surface area contributed by atoms with E-state index in [-0.39, 0.29) is 23.1 Å². The highest BCUT2D eigenvalue weighted by molar-refractivity contribution is 5.82. The number of aromatic nitrogens is 3. The molecule has 1 aromatic carbocycles. The first-order valence-electron chi connectivity index (χ1n) is 8.69. The Morgan fingerprint density at radius 1 is 1.36 bits per heavy atom. The van der Waals surface area contributed by atoms with Crippen LogP contribution in [0.3, 0.4) is 0 Å². The highest BCUT2D eigenvalue weighted by Gasteiger charge is 2.18. The molecule has 0 saturated carbocycles. The van der Waals surface area contributed by atoms with Crippen LogP contribution in [0.1, 0.15) is 25.1 Å². The predicted molar refractivity (Wildman–Crippen MR) is 105 cm³/mol. The number of ether oxygens (including phenoxy) is 2. The Morgan fingerprint density at radius 3 is 2.75 bits per heavy atom. The van der Waals surface area contributed by atoms with Crippen molar-refractivity contribution in [3.8, 4) is 11.5 Å². The minimum absolute atomic E-state index is 0.132. The second-order valence-corrected chi connectivity index (χ2v) is 6.09. The number of nitrogens with zero attached hydrogens (tertiary/aromatic N) is 4. The standard InChI is InChI=1S/C18H24N6O4/c1-6-27-15-9-13(7-8-14(15)28-12(3)17(26)24(4)5)10-19-22-18-20-16(25)11(2)21-23-18/h7-10,12H,6H2,1-5H3,(H2,20,22,23,25)/b19-10-/t12-/m0/s1. The molecule has 0 aliphatic carbocycles. The number of nitrogens with one attached hydrogen (secondary N) is 2. The predicted octanol–water partition coefficient (Wildman–Crippen LogP) is 1.17. The molecule has 0 spiro atoms. The molecule has 1 heterocycles. The van der Waals surface area contributed by atoms with Gasteiger partial charge in [0.1, 0.15) is 5.69 Å². The van der Waals surface area contributed by atoms with Gasteiger partial charge in [0.2, 0.25) is 5.95 Å². The zero-order valence-corrected chi connectivity index (χ0v) is 16.5. The first-order valence-corrected chi connectivity index (χ1v) is 8.69. The molecule has 2 N–H and O–H groups in total. The van der Waals surface area contributed by atoms with Crippen molar-refractivity contribution in [2.75, 3.05) is 26.1 Å². The molecule has 0 aliphatic heterocycles. The first kappa shape index (κ1) is 20.9. The van der Waals surface area contributed by atoms with Crippen LogP contribution in [0.4, 0.5) is 5.95 Å². The number of hydrogen-bond acceptors (Lipinski definition) is 8. The Bertz CT molecular complexity index is 909. The third kappa shape index (κ3) is 5.53. The van der Waals surface area contributed by atoms with Crippen molar-refractivity contribution in [3.05, 3.63) is 39.8 Å². The maximum atomic E-state index is 12.0. The summed E-state index contributed by atoms with van der Waals surface area (Å²) in [5.74, 6) is 0.940. The fourth-order valence-electron chi connectivity index (χ4n) is 2.19. The lowest BCUT2D eigenvalue weighted by Crippen LogP contribution is -2.35. The van der Waals surface area contributed by atoms with Gasteiger partial charge in [0, 0.05) is 14.1 Å². The van der Waals surface area contributed by atoms with Gasteiger partial charge in [-0.05, 0) is 44.5 Å². The van der Waals surface area contributed by atoms with E-state index in [1.807, 2.05) is 6.92 Å². The van der Waals surface area contributed by atoms with Gasteiger partial charge in [0.05, 0.1) is 12.8 Å². The Labute approximate surface area is 162 Å². The van der Waals surface area contributed by atoms with Crippen LogP contribution in [0.2, 0.25) is 0 Å². The maximum absolute atomic E-state index is 12.0. The monoisotopic (exact) mass is 388 g/mol. The molecule has 2 aromatic rings. The molecule has 0 fully saturated rings. The van der Waals surface area contributed by atoms with E-state index >= 15 is 0 Å². The van der Waals surface area contributed by atoms with Crippen LogP contribution >= 0.6 is 0 Å². The lowest BCUT2D eigenvalue weighted by Gasteiger charge is -2.20. The van der Waals surface area contributed by atoms with Gasteiger partial charge < -0.3 is 14.4 Å². The number of carbonyl (C=O) groups excluding carboxylic acids is 1. The van der Waals surface area contributed by atoms with E-state index in [1.165, 1.54) is 11.1 Å². The third-order valence-electron chi connectivity index (χ3n) is 3.60. The fraction of sp³-hybridized carbons (Fsp3) is 0.389. The van der Waals surface area contributed by atoms with Crippen molar-refractivity contribution in [2.45, 2.75) is 26.9 Å². The van der Waals surface area contributed by atoms with Crippen molar-refractivity contribution in [1.29, 1.82) is 0 Å². The summed E-state index contributed by atoms with van der Waals surface area (Å²) in [6.07, 6.45) is 0.882. The van der Waals surface area contributed by atoms with E-state index < -0.39 is 6.10 Å². The Balaban J connectivity index is 2.13. The SMILES string of the molecule is CCOc1cc(/C=N\Nc2nnc(C)c(=O)[nH]2)ccc1O[C@@H](C)C(=O)N(C)C. The first-order chi connectivity index (χ1) is 13.3. The van der Waals surface area contributed by atoms with E-state index in [9.17, 15) is 9.59 Å². The van der Waals surface area contributed by atoms with Gasteiger partial charge in [0.25, 0.3) is 11.5 Å². The normalized spacial score (nSPS) is 11.9. The van der Waals surface area contributed by atoms with Gasteiger partial charge in [-0.15, -0.1) is 10.2 Å². The van der Waals surface area contributed by atoms with Crippen LogP contribution in [0.15, 0.2) is 28.1 Å². The molecule has 1 aromatic heterocycles. The fourth-order valence-corrected chi connectivity index (χ4v) is 2.19. The molecule has 10 heteroatoms. The van der Waals surface area contributed by atoms with Gasteiger partial charge in [0.15, 0.2) is 17.6 Å². The number of carbonyl (C=O) groups is 1. The van der Waals surface area contributed by atoms with Gasteiger partial charge in [-0.25, -0.2) is 5.43 Å². The third-order valence-corrected chi connectivity index (χ3v) is 3.60. The number of benzene rings is 1. The summed E-state index contributed by atoms with van der Waals surface area (Å²) >= 11 is 0. The summed E-state index contributed by atoms with van der Waals surface area (Å²) in [6.45, 7) is 5.53. The number of aromatic amines is 1. The van der Waals surface area contributed by atoms with Crippen molar-refractivity contribution >= 4 is 18.1 Å². The van der Waals surface area contributed by atoms with Crippen LogP contribution in [0.5, 0.6) is 11.5 Å². The second kappa shape index (κ2) is 9.49. The number of likely N-dealkylation sites (N-methyl/N-ethyl adjacent to an activating group) is 1. The van der Waals surface area contributed by atoms with Gasteiger partial charge in [-0.3, -0.25) is 14.6 Å². The van der Waals surface area contributed by atoms with Crippen molar-refractivity contribution in [2.24, 2.45) is 5.10 Å². The zero-order chi connectivity index (χ0) is 20.7. The molecule has 0 saturated heterocycles. The maximum Gasteiger partial charge on any atom is 0.274 e. The number of H-pyrrole nitrogens is 1. The summed E-state index contributed by atoms with van der Waals surface area (Å²) in [6, 6.07) is 5.21. The number of aryl methyl sites for hydroxylation is 1. The molecule has 1 atom stereocenters. The summed E-state index contributed by atoms with van der Waals surface area (Å²) in [7, 11) is 3.34. The summed E-state index contributed by atoms with van der Waals surface area (Å²) in [5, 5.41) is 11.5. The van der Waals surface area contributed by atoms with E-state index in [0.717, 1.165) is 5.56 Å². The Hall–Kier alpha value is -3.43. The van der Waals surface area contributed by atoms with Crippen molar-refractivity contribution in [3.63, 3.8) is 0 Å². The molecule has 150 valence electrons. The molecular weight excluding hydrogens is 364 g/mol. The van der Waals surface area contributed by atoms with Gasteiger partial charge >= 0.3 is 0 Å². The minimum atomic E-state index is -0.646. The Morgan fingerprint density at radius 2 is 2.11 bits per heavy atom. The van der Waals surface area contributed by atoms with Crippen molar-refractivity contribution in [1.82, 2.24) is 20.1 Å². The average molecular weight is 388 g/mol. The quantitative estimate of drug-likeness (QED) is 0.514. The van der Waals surface area contributed by atoms with Crippen LogP contribution in [-0.2, 0) is 4.79 Å². The second-order valence-electron chi connectivity index (χ2n) is 6.09. The summed E-state index contributed by atoms with van der Waals surface area (Å²) in [5.41, 5.74) is 3.26. The lowest BCUT2D eigenvalue weighted by atomic mass is 10.2. The summed E-state index contributed by atoms with van der Waals surface area (Å²) in [4.78, 5) is 27.5. The molecular formula is C18H24N6O4. The molecule has 0 aliphatic rings. The number of anilines is 1. The van der Waals surface area contributed by atoms with Crippen LogP contribution in [0.25, 0.3) is 0 Å². The van der Waals surface area contributed by atoms with E-state index in [4.69, 9.17) is 9.47 Å². The van der Waals surface area contributed by atoms with E-state index in [2.05, 4.69) is 25.7 Å². The van der Waals surface area contributed by atoms with Crippen LogP contribution in [0, 0.1) is 6.92 Å². The molecule has 2 rings (SSSR count). The lowest BCUT2D eigenvalue weighted by molar-refractivity contribution is -0.135. The smallest absolute Gasteiger partial charge is 0.274 e. The van der Waals surface area contributed by atoms with E-state index in [0.29, 0.717) is 18.1 Å². The van der Waals surface area contributed by atoms with Crippen molar-refractivity contribution < 1.29 is 14.3 Å². The summed E-state index contributed by atoms with van der Waals surface area (Å²) < 4.78 is 11.4. The topological polar surface area (TPSA) is 122 Å². The molecule has 0 bridgehead atoms. The largest absolute Gasteiger partial charge is 0.490 e. The van der Waals surface area contributed by atoms with Gasteiger partial charge in [-0.2, -0.15) is 5.10 Å². The zero-order valence-electron chi connectivity index (χ0n) is 16.5. The molecule has 10 nitrogen and oxygen atoms in total. The highest BCUT2D eigenvalue weighted by Crippen LogP contribution is 2.29. The molecule has 1 amide bonds. The van der Waals surface area contributed by atoms with E-state index in [1.54, 1.807) is 46.1 Å². The van der Waals surface area contributed by atoms with Crippen LogP contribution in [-0.4, -0.2) is 59.0 Å². The number of hydrazone groups is 1. The molecule has 0 unspecified atom stereocenters. The van der Waals surface area contributed by atoms with Gasteiger partial charge in [-0.1, -0.05) is 0 Å². The number of hydrogen-bond donors (Lipinski definition) is 2. The molecule has 0 radical (unpaired) electrons. The van der Waals surface area contributed by atoms with Crippen LogP contribution < -0.4 is 20.5 Å². The number of rotatable bonds is 8. The number of amides is 1. The highest BCUT2D eigenvalue weighted by atomic mass is 16.5. The average Bonchev–Trinajstić information content (AvgIpc) is 2.66.